The van der Waals surface area contributed by atoms with E-state index in [-0.39, 0.29) is 5.54 Å². The molecule has 0 aliphatic heterocycles. The van der Waals surface area contributed by atoms with E-state index in [1.807, 2.05) is 19.9 Å². The molecule has 0 amide bonds. The van der Waals surface area contributed by atoms with Gasteiger partial charge >= 0.3 is 0 Å². The van der Waals surface area contributed by atoms with Crippen LogP contribution in [-0.2, 0) is 0 Å². The summed E-state index contributed by atoms with van der Waals surface area (Å²) in [5.41, 5.74) is 1.22. The van der Waals surface area contributed by atoms with Gasteiger partial charge in [0.05, 0.1) is 0 Å². The second-order valence-corrected chi connectivity index (χ2v) is 3.76. The fourth-order valence-electron chi connectivity index (χ4n) is 1.07. The normalized spacial score (nSPS) is 12.1. The summed E-state index contributed by atoms with van der Waals surface area (Å²) in [7, 11) is 0. The second-order valence-electron chi connectivity index (χ2n) is 3.76. The molecule has 0 heterocycles. The van der Waals surface area contributed by atoms with Gasteiger partial charge in [0.1, 0.15) is 0 Å². The van der Waals surface area contributed by atoms with Crippen LogP contribution in [0.1, 0.15) is 34.6 Å². The molecule has 0 saturated heterocycles. The zero-order chi connectivity index (χ0) is 9.07. The van der Waals surface area contributed by atoms with Crippen molar-refractivity contribution in [2.75, 3.05) is 0 Å². The maximum atomic E-state index is 3.92. The van der Waals surface area contributed by atoms with E-state index in [9.17, 15) is 0 Å². The van der Waals surface area contributed by atoms with Crippen LogP contribution in [0.15, 0.2) is 24.6 Å². The first-order chi connectivity index (χ1) is 4.89. The summed E-state index contributed by atoms with van der Waals surface area (Å²) in [5, 5.41) is 0. The average Bonchev–Trinajstić information content (AvgIpc) is 1.79. The molecular weight excluding hydrogens is 134 g/mol. The van der Waals surface area contributed by atoms with Gasteiger partial charge < -0.3 is 4.90 Å². The quantitative estimate of drug-likeness (QED) is 0.589. The van der Waals surface area contributed by atoms with Crippen molar-refractivity contribution in [3.05, 3.63) is 24.6 Å². The first kappa shape index (κ1) is 10.3. The molecule has 0 saturated carbocycles. The van der Waals surface area contributed by atoms with E-state index in [0.29, 0.717) is 0 Å². The van der Waals surface area contributed by atoms with Crippen molar-refractivity contribution in [3.8, 4) is 0 Å². The molecule has 0 aromatic rings. The van der Waals surface area contributed by atoms with Crippen molar-refractivity contribution in [3.63, 3.8) is 0 Å². The van der Waals surface area contributed by atoms with E-state index in [0.717, 1.165) is 5.70 Å². The van der Waals surface area contributed by atoms with E-state index >= 15 is 0 Å². The zero-order valence-corrected chi connectivity index (χ0v) is 8.31. The molecule has 0 aromatic carbocycles. The van der Waals surface area contributed by atoms with Gasteiger partial charge in [-0.3, -0.25) is 0 Å². The Kier molecular flexibility index (Phi) is 3.37. The minimum atomic E-state index is 0.137. The van der Waals surface area contributed by atoms with Crippen LogP contribution < -0.4 is 0 Å². The molecule has 1 nitrogen and oxygen atoms in total. The van der Waals surface area contributed by atoms with E-state index < -0.39 is 0 Å². The molecule has 64 valence electrons. The molecule has 0 rings (SSSR count). The summed E-state index contributed by atoms with van der Waals surface area (Å²) in [6.07, 6.45) is 4.09. The predicted molar refractivity (Wildman–Crippen MR) is 51.2 cm³/mol. The van der Waals surface area contributed by atoms with E-state index in [4.69, 9.17) is 0 Å². The second kappa shape index (κ2) is 3.61. The molecule has 1 heteroatoms. The monoisotopic (exact) mass is 153 g/mol. The Hall–Kier alpha value is -0.720. The highest BCUT2D eigenvalue weighted by molar-refractivity contribution is 5.02. The highest BCUT2D eigenvalue weighted by Gasteiger charge is 2.17. The molecule has 0 spiro atoms. The van der Waals surface area contributed by atoms with Crippen LogP contribution in [0.5, 0.6) is 0 Å². The van der Waals surface area contributed by atoms with Crippen molar-refractivity contribution in [2.45, 2.75) is 40.2 Å². The summed E-state index contributed by atoms with van der Waals surface area (Å²) < 4.78 is 0. The van der Waals surface area contributed by atoms with Gasteiger partial charge in [0.2, 0.25) is 0 Å². The Morgan fingerprint density at radius 1 is 1.36 bits per heavy atom. The van der Waals surface area contributed by atoms with Gasteiger partial charge in [0.25, 0.3) is 0 Å². The lowest BCUT2D eigenvalue weighted by molar-refractivity contribution is 0.259. The summed E-state index contributed by atoms with van der Waals surface area (Å²) in [5.74, 6) is 0. The lowest BCUT2D eigenvalue weighted by Gasteiger charge is -2.34. The maximum absolute atomic E-state index is 3.92. The third-order valence-corrected chi connectivity index (χ3v) is 1.43. The number of hydrogen-bond acceptors (Lipinski definition) is 1. The van der Waals surface area contributed by atoms with Crippen LogP contribution in [0.4, 0.5) is 0 Å². The molecule has 0 radical (unpaired) electrons. The van der Waals surface area contributed by atoms with Crippen LogP contribution in [0.2, 0.25) is 0 Å². The predicted octanol–water partition coefficient (Wildman–Crippen LogP) is 3.15. The average molecular weight is 153 g/mol. The molecule has 0 aliphatic rings. The van der Waals surface area contributed by atoms with Crippen molar-refractivity contribution in [1.82, 2.24) is 4.90 Å². The van der Waals surface area contributed by atoms with Crippen molar-refractivity contribution >= 4 is 0 Å². The Morgan fingerprint density at radius 2 is 1.82 bits per heavy atom. The minimum Gasteiger partial charge on any atom is -0.347 e. The zero-order valence-electron chi connectivity index (χ0n) is 8.31. The standard InChI is InChI=1S/C10H19N/c1-7-8-11(9(2)3)10(4,5)6/h7-8H,2H2,1,3-6H3/b8-7-. The molecule has 0 atom stereocenters. The van der Waals surface area contributed by atoms with Gasteiger partial charge in [-0.25, -0.2) is 0 Å². The Labute approximate surface area is 70.4 Å². The van der Waals surface area contributed by atoms with Gasteiger partial charge in [-0.15, -0.1) is 0 Å². The van der Waals surface area contributed by atoms with Crippen LogP contribution in [0, 0.1) is 0 Å². The lowest BCUT2D eigenvalue weighted by Crippen LogP contribution is -2.35. The van der Waals surface area contributed by atoms with Gasteiger partial charge in [0.15, 0.2) is 0 Å². The first-order valence-corrected chi connectivity index (χ1v) is 3.97. The van der Waals surface area contributed by atoms with Gasteiger partial charge in [0, 0.05) is 17.4 Å². The Morgan fingerprint density at radius 3 is 1.91 bits per heavy atom. The molecule has 0 aliphatic carbocycles. The van der Waals surface area contributed by atoms with Crippen LogP contribution in [-0.4, -0.2) is 10.4 Å². The van der Waals surface area contributed by atoms with Crippen molar-refractivity contribution < 1.29 is 0 Å². The third kappa shape index (κ3) is 3.26. The Bertz CT molecular complexity index is 160. The summed E-state index contributed by atoms with van der Waals surface area (Å²) in [4.78, 5) is 2.16. The molecule has 0 bridgehead atoms. The fraction of sp³-hybridized carbons (Fsp3) is 0.600. The number of hydrogen-bond donors (Lipinski definition) is 0. The summed E-state index contributed by atoms with van der Waals surface area (Å²) in [6.45, 7) is 14.5. The molecule has 11 heavy (non-hydrogen) atoms. The smallest absolute Gasteiger partial charge is 0.0357 e. The van der Waals surface area contributed by atoms with E-state index in [1.54, 1.807) is 0 Å². The molecule has 0 fully saturated rings. The summed E-state index contributed by atoms with van der Waals surface area (Å²) in [6, 6.07) is 0. The summed E-state index contributed by atoms with van der Waals surface area (Å²) >= 11 is 0. The third-order valence-electron chi connectivity index (χ3n) is 1.43. The topological polar surface area (TPSA) is 3.24 Å². The largest absolute Gasteiger partial charge is 0.347 e. The lowest BCUT2D eigenvalue weighted by atomic mass is 10.1. The number of rotatable bonds is 2. The van der Waals surface area contributed by atoms with Gasteiger partial charge in [-0.1, -0.05) is 12.7 Å². The highest BCUT2D eigenvalue weighted by Crippen LogP contribution is 2.18. The van der Waals surface area contributed by atoms with Crippen LogP contribution >= 0.6 is 0 Å². The van der Waals surface area contributed by atoms with Crippen molar-refractivity contribution in [1.29, 1.82) is 0 Å². The van der Waals surface area contributed by atoms with Gasteiger partial charge in [-0.2, -0.15) is 0 Å². The number of nitrogens with zero attached hydrogens (tertiary/aromatic N) is 1. The fourth-order valence-corrected chi connectivity index (χ4v) is 1.07. The van der Waals surface area contributed by atoms with E-state index in [1.165, 1.54) is 0 Å². The van der Waals surface area contributed by atoms with Crippen molar-refractivity contribution in [2.24, 2.45) is 0 Å². The molecule has 0 N–H and O–H groups in total. The maximum Gasteiger partial charge on any atom is 0.0357 e. The van der Waals surface area contributed by atoms with E-state index in [2.05, 4.69) is 38.5 Å². The van der Waals surface area contributed by atoms with Crippen LogP contribution in [0.3, 0.4) is 0 Å². The SMILES string of the molecule is C=C(C)N(/C=C\C)C(C)(C)C. The first-order valence-electron chi connectivity index (χ1n) is 3.97. The molecule has 0 aromatic heterocycles. The van der Waals surface area contributed by atoms with Crippen LogP contribution in [0.25, 0.3) is 0 Å². The molecule has 0 unspecified atom stereocenters. The Balaban J connectivity index is 4.48. The minimum absolute atomic E-state index is 0.137. The molecular formula is C10H19N. The highest BCUT2D eigenvalue weighted by atomic mass is 15.2. The number of allylic oxidation sites excluding steroid dienone is 2. The van der Waals surface area contributed by atoms with Gasteiger partial charge in [-0.05, 0) is 34.6 Å².